The van der Waals surface area contributed by atoms with Crippen LogP contribution in [0.4, 0.5) is 28.4 Å². The van der Waals surface area contributed by atoms with E-state index in [-0.39, 0.29) is 73.9 Å². The number of hydrogen-bond acceptors (Lipinski definition) is 12. The van der Waals surface area contributed by atoms with Crippen molar-refractivity contribution in [3.63, 3.8) is 0 Å². The van der Waals surface area contributed by atoms with Gasteiger partial charge in [0.1, 0.15) is 6.04 Å². The highest BCUT2D eigenvalue weighted by molar-refractivity contribution is 6.10. The number of ether oxygens (including phenoxy) is 2. The Balaban J connectivity index is 1.22. The number of phenols is 2. The van der Waals surface area contributed by atoms with Gasteiger partial charge in [-0.3, -0.25) is 28.8 Å². The van der Waals surface area contributed by atoms with Gasteiger partial charge < -0.3 is 62.8 Å². The molecule has 0 bridgehead atoms. The van der Waals surface area contributed by atoms with Gasteiger partial charge >= 0.3 is 5.97 Å². The van der Waals surface area contributed by atoms with Crippen molar-refractivity contribution in [2.75, 3.05) is 27.0 Å². The molecule has 5 aromatic rings. The Bertz CT molecular complexity index is 2600. The van der Waals surface area contributed by atoms with Crippen LogP contribution in [0.3, 0.4) is 0 Å². The third-order valence-electron chi connectivity index (χ3n) is 8.97. The van der Waals surface area contributed by atoms with Gasteiger partial charge in [-0.1, -0.05) is 0 Å². The summed E-state index contributed by atoms with van der Waals surface area (Å²) in [6, 6.07) is 20.4. The van der Waals surface area contributed by atoms with Crippen molar-refractivity contribution >= 4 is 69.8 Å². The second-order valence-corrected chi connectivity index (χ2v) is 14.6. The summed E-state index contributed by atoms with van der Waals surface area (Å²) in [6.07, 6.45) is -1.38. The second-order valence-electron chi connectivity index (χ2n) is 14.6. The third-order valence-corrected chi connectivity index (χ3v) is 8.97. The first-order chi connectivity index (χ1) is 30.3. The maximum Gasteiger partial charge on any atom is 0.335 e. The fraction of sp³-hybridized carbons (Fsp3) is 0.178. The highest BCUT2D eigenvalue weighted by Crippen LogP contribution is 2.39. The summed E-state index contributed by atoms with van der Waals surface area (Å²) in [5.74, 6) is -6.85. The summed E-state index contributed by atoms with van der Waals surface area (Å²) in [5, 5.41) is 43.7. The SMILES string of the molecule is CC(C)Oc1c(N)ccc(C(=O)Nc2ccc(C(=O)NC(CC(N)=O)C(=O)Nc3ccc(C(=O)Nc4ccc(C(=O)Nc5ccc(C(=O)O)cc5)c(O)c4OC(C)C)cc3)cc2)c1O. The molecule has 0 aliphatic heterocycles. The van der Waals surface area contributed by atoms with Gasteiger partial charge in [0.2, 0.25) is 11.8 Å². The number of anilines is 5. The van der Waals surface area contributed by atoms with Crippen LogP contribution >= 0.6 is 0 Å². The number of nitrogens with one attached hydrogen (secondary N) is 5. The van der Waals surface area contributed by atoms with Crippen LogP contribution in [-0.2, 0) is 9.59 Å². The quantitative estimate of drug-likeness (QED) is 0.0530. The molecular weight excluding hydrogens is 831 g/mol. The fourth-order valence-electron chi connectivity index (χ4n) is 5.92. The number of rotatable bonds is 17. The van der Waals surface area contributed by atoms with Gasteiger partial charge in [-0.05, 0) is 125 Å². The molecule has 0 heterocycles. The first-order valence-electron chi connectivity index (χ1n) is 19.5. The van der Waals surface area contributed by atoms with E-state index in [2.05, 4.69) is 26.6 Å². The first-order valence-corrected chi connectivity index (χ1v) is 19.5. The number of carboxylic acids is 1. The van der Waals surface area contributed by atoms with E-state index < -0.39 is 71.5 Å². The number of nitrogens with two attached hydrogens (primary N) is 2. The molecule has 0 aromatic heterocycles. The van der Waals surface area contributed by atoms with Crippen LogP contribution in [0.25, 0.3) is 0 Å². The van der Waals surface area contributed by atoms with E-state index in [1.165, 1.54) is 97.1 Å². The smallest absolute Gasteiger partial charge is 0.335 e. The topological polar surface area (TPSA) is 311 Å². The minimum Gasteiger partial charge on any atom is -0.504 e. The number of nitrogen functional groups attached to an aromatic ring is 1. The van der Waals surface area contributed by atoms with Gasteiger partial charge in [-0.25, -0.2) is 4.79 Å². The van der Waals surface area contributed by atoms with Crippen molar-refractivity contribution in [2.24, 2.45) is 5.73 Å². The zero-order valence-corrected chi connectivity index (χ0v) is 34.8. The number of aromatic carboxylic acids is 1. The average molecular weight is 876 g/mol. The van der Waals surface area contributed by atoms with Crippen LogP contribution in [0.15, 0.2) is 97.1 Å². The molecule has 64 heavy (non-hydrogen) atoms. The minimum absolute atomic E-state index is 0.0161. The lowest BCUT2D eigenvalue weighted by Gasteiger charge is -2.19. The lowest BCUT2D eigenvalue weighted by Crippen LogP contribution is -2.46. The molecule has 19 nitrogen and oxygen atoms in total. The predicted octanol–water partition coefficient (Wildman–Crippen LogP) is 5.32. The number of benzene rings is 5. The molecule has 332 valence electrons. The van der Waals surface area contributed by atoms with Crippen LogP contribution in [0.1, 0.15) is 85.9 Å². The molecule has 0 radical (unpaired) electrons. The van der Waals surface area contributed by atoms with Gasteiger partial charge in [0.15, 0.2) is 23.0 Å². The van der Waals surface area contributed by atoms with Crippen molar-refractivity contribution in [1.29, 1.82) is 0 Å². The van der Waals surface area contributed by atoms with Crippen LogP contribution in [0, 0.1) is 0 Å². The summed E-state index contributed by atoms with van der Waals surface area (Å²) in [7, 11) is 0. The van der Waals surface area contributed by atoms with Crippen molar-refractivity contribution in [1.82, 2.24) is 5.32 Å². The number of aromatic hydroxyl groups is 2. The van der Waals surface area contributed by atoms with Gasteiger partial charge in [-0.15, -0.1) is 0 Å². The number of carboxylic acid groups (broad SMARTS) is 1. The van der Waals surface area contributed by atoms with E-state index in [0.717, 1.165) is 0 Å². The molecule has 0 fully saturated rings. The Kier molecular flexibility index (Phi) is 14.7. The van der Waals surface area contributed by atoms with E-state index in [1.807, 2.05) is 0 Å². The summed E-state index contributed by atoms with van der Waals surface area (Å²) >= 11 is 0. The predicted molar refractivity (Wildman–Crippen MR) is 236 cm³/mol. The standard InChI is InChI=1S/C45H45N7O12/c1-22(2)63-38-32(46)19-17-30(36(38)54)42(58)48-27-11-5-25(6-12-27)41(57)52-34(21-35(47)53)44(60)50-29-13-7-24(8-14-29)40(56)51-33-20-18-31(37(55)39(33)64-23(3)4)43(59)49-28-15-9-26(10-16-28)45(61)62/h5-20,22-23,34,54-55H,21,46H2,1-4H3,(H2,47,53)(H,48,58)(H,49,59)(H,50,60)(H,51,56)(H,52,57)(H,61,62). The molecule has 19 heteroatoms. The summed E-state index contributed by atoms with van der Waals surface area (Å²) in [4.78, 5) is 88.9. The number of phenolic OH excluding ortho intramolecular Hbond substituents is 2. The van der Waals surface area contributed by atoms with Crippen LogP contribution in [0.2, 0.25) is 0 Å². The molecule has 6 amide bonds. The van der Waals surface area contributed by atoms with Crippen LogP contribution in [-0.4, -0.2) is 75.0 Å². The Morgan fingerprint density at radius 1 is 0.547 bits per heavy atom. The largest absolute Gasteiger partial charge is 0.504 e. The maximum absolute atomic E-state index is 13.3. The summed E-state index contributed by atoms with van der Waals surface area (Å²) in [6.45, 7) is 6.81. The van der Waals surface area contributed by atoms with Crippen LogP contribution < -0.4 is 47.5 Å². The molecule has 0 spiro atoms. The Labute approximate surface area is 365 Å². The van der Waals surface area contributed by atoms with Crippen molar-refractivity contribution in [3.05, 3.63) is 125 Å². The van der Waals surface area contributed by atoms with Crippen molar-refractivity contribution < 1.29 is 58.4 Å². The van der Waals surface area contributed by atoms with E-state index in [0.29, 0.717) is 0 Å². The monoisotopic (exact) mass is 875 g/mol. The summed E-state index contributed by atoms with van der Waals surface area (Å²) in [5.41, 5.74) is 12.1. The van der Waals surface area contributed by atoms with E-state index in [1.54, 1.807) is 27.7 Å². The van der Waals surface area contributed by atoms with E-state index in [9.17, 15) is 43.8 Å². The number of carbonyl (C=O) groups excluding carboxylic acids is 6. The van der Waals surface area contributed by atoms with Crippen molar-refractivity contribution in [3.8, 4) is 23.0 Å². The number of primary amides is 1. The number of hydrogen-bond donors (Lipinski definition) is 10. The second kappa shape index (κ2) is 20.3. The molecule has 5 aromatic carbocycles. The van der Waals surface area contributed by atoms with Gasteiger partial charge in [0, 0.05) is 28.2 Å². The van der Waals surface area contributed by atoms with Gasteiger partial charge in [0.05, 0.1) is 46.7 Å². The number of carbonyl (C=O) groups is 7. The highest BCUT2D eigenvalue weighted by atomic mass is 16.5. The zero-order valence-electron chi connectivity index (χ0n) is 34.8. The lowest BCUT2D eigenvalue weighted by atomic mass is 10.1. The van der Waals surface area contributed by atoms with Gasteiger partial charge in [-0.2, -0.15) is 0 Å². The molecule has 1 atom stereocenters. The first kappa shape index (κ1) is 46.5. The molecular formula is C45H45N7O12. The Morgan fingerprint density at radius 3 is 1.47 bits per heavy atom. The highest BCUT2D eigenvalue weighted by Gasteiger charge is 2.26. The maximum atomic E-state index is 13.3. The molecule has 0 saturated heterocycles. The third kappa shape index (κ3) is 11.8. The Hall–Kier alpha value is -8.61. The fourth-order valence-corrected chi connectivity index (χ4v) is 5.92. The molecule has 0 aliphatic rings. The van der Waals surface area contributed by atoms with E-state index >= 15 is 0 Å². The van der Waals surface area contributed by atoms with Gasteiger partial charge in [0.25, 0.3) is 23.6 Å². The molecule has 1 unspecified atom stereocenters. The van der Waals surface area contributed by atoms with Crippen LogP contribution in [0.5, 0.6) is 23.0 Å². The zero-order chi connectivity index (χ0) is 46.8. The molecule has 5 rings (SSSR count). The molecule has 0 aliphatic carbocycles. The lowest BCUT2D eigenvalue weighted by molar-refractivity contribution is -0.123. The summed E-state index contributed by atoms with van der Waals surface area (Å²) < 4.78 is 11.3. The minimum atomic E-state index is -1.42. The molecule has 0 saturated carbocycles. The Morgan fingerprint density at radius 2 is 0.984 bits per heavy atom. The number of amides is 6. The normalized spacial score (nSPS) is 11.2. The molecule has 12 N–H and O–H groups in total. The van der Waals surface area contributed by atoms with E-state index in [4.69, 9.17) is 26.0 Å². The average Bonchev–Trinajstić information content (AvgIpc) is 3.23. The van der Waals surface area contributed by atoms with Crippen molar-refractivity contribution in [2.45, 2.75) is 52.4 Å².